The molecule has 3 aliphatic rings. The third-order valence-corrected chi connectivity index (χ3v) is 7.83. The highest BCUT2D eigenvalue weighted by molar-refractivity contribution is 5.97. The van der Waals surface area contributed by atoms with Gasteiger partial charge in [-0.1, -0.05) is 51.7 Å². The SMILES string of the molecule is CCCC(CCC)C1C(C)=Nc2c(F)cc(C3=CCc4nc(C5CCCC5)ccc43)cc21. The number of aliphatic imine (C=N–C) groups is 1. The second-order valence-corrected chi connectivity index (χ2v) is 10.00. The van der Waals surface area contributed by atoms with Crippen LogP contribution in [0.25, 0.3) is 5.57 Å². The molecule has 1 aromatic carbocycles. The second kappa shape index (κ2) is 8.92. The van der Waals surface area contributed by atoms with E-state index in [1.165, 1.54) is 36.9 Å². The first-order valence-corrected chi connectivity index (χ1v) is 12.7. The fraction of sp³-hybridized carbons (Fsp3) is 0.517. The summed E-state index contributed by atoms with van der Waals surface area (Å²) >= 11 is 0. The molecule has 0 spiro atoms. The maximum absolute atomic E-state index is 15.3. The van der Waals surface area contributed by atoms with Crippen molar-refractivity contribution in [3.8, 4) is 0 Å². The fourth-order valence-corrected chi connectivity index (χ4v) is 6.37. The number of halogens is 1. The molecule has 1 fully saturated rings. The second-order valence-electron chi connectivity index (χ2n) is 10.00. The lowest BCUT2D eigenvalue weighted by molar-refractivity contribution is 0.418. The number of nitrogens with zero attached hydrogens (tertiary/aromatic N) is 2. The largest absolute Gasteiger partial charge is 0.257 e. The van der Waals surface area contributed by atoms with Gasteiger partial charge in [0.1, 0.15) is 11.5 Å². The van der Waals surface area contributed by atoms with Gasteiger partial charge in [-0.2, -0.15) is 0 Å². The quantitative estimate of drug-likeness (QED) is 0.434. The molecule has 0 N–H and O–H groups in total. The first kappa shape index (κ1) is 21.6. The predicted octanol–water partition coefficient (Wildman–Crippen LogP) is 8.27. The van der Waals surface area contributed by atoms with Gasteiger partial charge >= 0.3 is 0 Å². The smallest absolute Gasteiger partial charge is 0.149 e. The minimum atomic E-state index is -0.184. The molecule has 2 aliphatic carbocycles. The molecule has 1 saturated carbocycles. The van der Waals surface area contributed by atoms with Crippen molar-refractivity contribution in [3.05, 3.63) is 64.2 Å². The summed E-state index contributed by atoms with van der Waals surface area (Å²) in [5.41, 5.74) is 8.45. The molecule has 1 aliphatic heterocycles. The van der Waals surface area contributed by atoms with Crippen LogP contribution in [-0.4, -0.2) is 10.7 Å². The summed E-state index contributed by atoms with van der Waals surface area (Å²) in [6, 6.07) is 8.37. The van der Waals surface area contributed by atoms with Crippen LogP contribution in [0.2, 0.25) is 0 Å². The van der Waals surface area contributed by atoms with Gasteiger partial charge in [0.05, 0.1) is 5.69 Å². The fourth-order valence-electron chi connectivity index (χ4n) is 6.37. The highest BCUT2D eigenvalue weighted by atomic mass is 19.1. The predicted molar refractivity (Wildman–Crippen MR) is 131 cm³/mol. The van der Waals surface area contributed by atoms with Gasteiger partial charge in [0.25, 0.3) is 0 Å². The molecule has 5 rings (SSSR count). The van der Waals surface area contributed by atoms with Crippen molar-refractivity contribution in [2.24, 2.45) is 10.9 Å². The Hall–Kier alpha value is -2.29. The van der Waals surface area contributed by atoms with Gasteiger partial charge in [-0.15, -0.1) is 0 Å². The molecule has 2 aromatic rings. The van der Waals surface area contributed by atoms with Crippen LogP contribution in [-0.2, 0) is 6.42 Å². The third kappa shape index (κ3) is 3.74. The normalized spacial score (nSPS) is 20.0. The molecule has 0 radical (unpaired) electrons. The zero-order valence-corrected chi connectivity index (χ0v) is 19.8. The van der Waals surface area contributed by atoms with E-state index in [1.54, 1.807) is 6.07 Å². The van der Waals surface area contributed by atoms with E-state index in [2.05, 4.69) is 45.0 Å². The topological polar surface area (TPSA) is 25.2 Å². The summed E-state index contributed by atoms with van der Waals surface area (Å²) in [5, 5.41) is 0. The number of rotatable bonds is 7. The summed E-state index contributed by atoms with van der Waals surface area (Å²) in [6.07, 6.45) is 12.9. The summed E-state index contributed by atoms with van der Waals surface area (Å²) in [5.74, 6) is 1.21. The van der Waals surface area contributed by atoms with Gasteiger partial charge < -0.3 is 0 Å². The zero-order valence-electron chi connectivity index (χ0n) is 19.8. The van der Waals surface area contributed by atoms with Crippen molar-refractivity contribution < 1.29 is 4.39 Å². The highest BCUT2D eigenvalue weighted by Crippen LogP contribution is 2.46. The lowest BCUT2D eigenvalue weighted by Crippen LogP contribution is -2.17. The first-order valence-electron chi connectivity index (χ1n) is 12.7. The van der Waals surface area contributed by atoms with E-state index in [9.17, 15) is 0 Å². The molecule has 32 heavy (non-hydrogen) atoms. The lowest BCUT2D eigenvalue weighted by Gasteiger charge is -2.25. The van der Waals surface area contributed by atoms with Crippen LogP contribution in [0.4, 0.5) is 10.1 Å². The van der Waals surface area contributed by atoms with Gasteiger partial charge in [-0.25, -0.2) is 4.39 Å². The molecule has 0 saturated heterocycles. The van der Waals surface area contributed by atoms with Gasteiger partial charge in [0, 0.05) is 35.2 Å². The molecule has 0 amide bonds. The van der Waals surface area contributed by atoms with Crippen molar-refractivity contribution in [1.82, 2.24) is 4.98 Å². The number of hydrogen-bond acceptors (Lipinski definition) is 2. The number of pyridine rings is 1. The summed E-state index contributed by atoms with van der Waals surface area (Å²) in [6.45, 7) is 6.57. The van der Waals surface area contributed by atoms with Crippen LogP contribution in [0.1, 0.15) is 112 Å². The number of fused-ring (bicyclic) bond motifs is 2. The minimum absolute atomic E-state index is 0.184. The molecule has 3 heteroatoms. The van der Waals surface area contributed by atoms with Gasteiger partial charge in [-0.05, 0) is 73.4 Å². The Morgan fingerprint density at radius 2 is 1.81 bits per heavy atom. The van der Waals surface area contributed by atoms with Crippen molar-refractivity contribution in [1.29, 1.82) is 0 Å². The van der Waals surface area contributed by atoms with Gasteiger partial charge in [0.2, 0.25) is 0 Å². The standard InChI is InChI=1S/C29H35FN2/c1-4-8-20(9-5-2)28-18(3)31-29-24(28)16-21(17-25(29)30)22-12-15-27-23(22)13-14-26(32-27)19-10-6-7-11-19/h12-14,16-17,19-20,28H,4-11,15H2,1-3H3. The van der Waals surface area contributed by atoms with Gasteiger partial charge in [-0.3, -0.25) is 9.98 Å². The van der Waals surface area contributed by atoms with E-state index < -0.39 is 0 Å². The first-order chi connectivity index (χ1) is 15.6. The van der Waals surface area contributed by atoms with Crippen molar-refractivity contribution in [2.75, 3.05) is 0 Å². The van der Waals surface area contributed by atoms with E-state index in [0.717, 1.165) is 60.2 Å². The van der Waals surface area contributed by atoms with Crippen molar-refractivity contribution >= 4 is 17.0 Å². The molecule has 1 atom stereocenters. The molecule has 168 valence electrons. The number of allylic oxidation sites excluding steroid dienone is 1. The molecular formula is C29H35FN2. The molecule has 1 unspecified atom stereocenters. The van der Waals surface area contributed by atoms with E-state index >= 15 is 4.39 Å². The Kier molecular flexibility index (Phi) is 6.01. The Morgan fingerprint density at radius 1 is 1.06 bits per heavy atom. The van der Waals surface area contributed by atoms with E-state index in [1.807, 2.05) is 0 Å². The zero-order chi connectivity index (χ0) is 22.2. The molecule has 1 aromatic heterocycles. The van der Waals surface area contributed by atoms with E-state index in [-0.39, 0.29) is 11.7 Å². The number of hydrogen-bond donors (Lipinski definition) is 0. The Balaban J connectivity index is 1.49. The van der Waals surface area contributed by atoms with Crippen LogP contribution < -0.4 is 0 Å². The molecule has 2 heterocycles. The summed E-state index contributed by atoms with van der Waals surface area (Å²) in [4.78, 5) is 9.74. The Morgan fingerprint density at radius 3 is 2.53 bits per heavy atom. The minimum Gasteiger partial charge on any atom is -0.257 e. The van der Waals surface area contributed by atoms with E-state index in [4.69, 9.17) is 9.98 Å². The van der Waals surface area contributed by atoms with Crippen LogP contribution in [0.5, 0.6) is 0 Å². The highest BCUT2D eigenvalue weighted by Gasteiger charge is 2.33. The lowest BCUT2D eigenvalue weighted by atomic mass is 9.78. The van der Waals surface area contributed by atoms with Crippen LogP contribution >= 0.6 is 0 Å². The average Bonchev–Trinajstić information content (AvgIpc) is 3.51. The third-order valence-electron chi connectivity index (χ3n) is 7.83. The Labute approximate surface area is 192 Å². The molecular weight excluding hydrogens is 395 g/mol. The molecule has 0 bridgehead atoms. The van der Waals surface area contributed by atoms with E-state index in [0.29, 0.717) is 17.5 Å². The molecule has 2 nitrogen and oxygen atoms in total. The van der Waals surface area contributed by atoms with Crippen LogP contribution in [0.3, 0.4) is 0 Å². The van der Waals surface area contributed by atoms with Gasteiger partial charge in [0.15, 0.2) is 0 Å². The summed E-state index contributed by atoms with van der Waals surface area (Å²) < 4.78 is 15.3. The Bertz CT molecular complexity index is 1070. The average molecular weight is 431 g/mol. The van der Waals surface area contributed by atoms with Crippen molar-refractivity contribution in [3.63, 3.8) is 0 Å². The van der Waals surface area contributed by atoms with Crippen LogP contribution in [0, 0.1) is 11.7 Å². The summed E-state index contributed by atoms with van der Waals surface area (Å²) in [7, 11) is 0. The van der Waals surface area contributed by atoms with Crippen molar-refractivity contribution in [2.45, 2.75) is 90.4 Å². The maximum atomic E-state index is 15.3. The monoisotopic (exact) mass is 430 g/mol. The number of aromatic nitrogens is 1. The maximum Gasteiger partial charge on any atom is 0.149 e. The van der Waals surface area contributed by atoms with Crippen LogP contribution in [0.15, 0.2) is 35.3 Å². The number of benzene rings is 1.